The van der Waals surface area contributed by atoms with Crippen molar-refractivity contribution >= 4 is 40.6 Å². The van der Waals surface area contributed by atoms with Crippen LogP contribution in [0.15, 0.2) is 0 Å². The van der Waals surface area contributed by atoms with Crippen molar-refractivity contribution < 1.29 is 32.7 Å². The minimum Gasteiger partial charge on any atom is -0.347 e. The fraction of sp³-hybridized carbons (Fsp3) is 0.844. The second-order valence-corrected chi connectivity index (χ2v) is 15.3. The average molecular weight is 652 g/mol. The largest absolute Gasteiger partial charge is 0.347 e. The number of likely N-dealkylation sites (tertiary alicyclic amines) is 1. The number of Topliss-reactive ketones (excluding diaryl/α,β-unsaturated/α-hetero) is 1. The molecule has 4 fully saturated rings. The van der Waals surface area contributed by atoms with Gasteiger partial charge in [0, 0.05) is 12.6 Å². The SMILES string of the molecule is CCC[C@H](NC(=O)[C@@H]1CCCN1C(=O)[C@@H](NC(=O)NC1([C@@H](C)S(=O)O)CCCCC1)C1(C)CCCCC1)C(=O)C(=O)NC1CC1. The van der Waals surface area contributed by atoms with Gasteiger partial charge >= 0.3 is 6.03 Å². The minimum absolute atomic E-state index is 0.0205. The van der Waals surface area contributed by atoms with Crippen LogP contribution in [0.1, 0.15) is 124 Å². The number of carbonyl (C=O) groups is 5. The highest BCUT2D eigenvalue weighted by Gasteiger charge is 2.48. The first-order valence-corrected chi connectivity index (χ1v) is 18.2. The first-order valence-electron chi connectivity index (χ1n) is 17.0. The third-order valence-corrected chi connectivity index (χ3v) is 11.6. The highest BCUT2D eigenvalue weighted by molar-refractivity contribution is 7.80. The molecule has 13 heteroatoms. The molecule has 3 saturated carbocycles. The van der Waals surface area contributed by atoms with Gasteiger partial charge in [0.2, 0.25) is 17.6 Å². The molecule has 1 saturated heterocycles. The van der Waals surface area contributed by atoms with Gasteiger partial charge in [-0.1, -0.05) is 58.8 Å². The van der Waals surface area contributed by atoms with E-state index in [1.807, 2.05) is 13.8 Å². The van der Waals surface area contributed by atoms with E-state index in [2.05, 4.69) is 21.3 Å². The van der Waals surface area contributed by atoms with E-state index in [1.54, 1.807) is 6.92 Å². The Morgan fingerprint density at radius 3 is 2.11 bits per heavy atom. The van der Waals surface area contributed by atoms with Crippen molar-refractivity contribution in [1.29, 1.82) is 0 Å². The molecule has 4 rings (SSSR count). The summed E-state index contributed by atoms with van der Waals surface area (Å²) >= 11 is -2.13. The Hall–Kier alpha value is -2.54. The topological polar surface area (TPSA) is 174 Å². The fourth-order valence-electron chi connectivity index (χ4n) is 7.52. The molecule has 3 aliphatic carbocycles. The molecule has 0 aromatic rings. The highest BCUT2D eigenvalue weighted by atomic mass is 32.2. The van der Waals surface area contributed by atoms with Gasteiger partial charge in [-0.05, 0) is 70.1 Å². The molecule has 0 spiro atoms. The van der Waals surface area contributed by atoms with E-state index in [0.717, 1.165) is 64.2 Å². The molecule has 1 unspecified atom stereocenters. The Morgan fingerprint density at radius 2 is 1.53 bits per heavy atom. The number of urea groups is 1. The first kappa shape index (κ1) is 35.3. The summed E-state index contributed by atoms with van der Waals surface area (Å²) in [6.07, 6.45) is 11.7. The Labute approximate surface area is 269 Å². The zero-order valence-electron chi connectivity index (χ0n) is 27.2. The van der Waals surface area contributed by atoms with Crippen LogP contribution < -0.4 is 21.3 Å². The Kier molecular flexibility index (Phi) is 12.1. The van der Waals surface area contributed by atoms with Gasteiger partial charge in [0.25, 0.3) is 5.91 Å². The molecule has 1 heterocycles. The lowest BCUT2D eigenvalue weighted by atomic mass is 9.70. The second-order valence-electron chi connectivity index (χ2n) is 14.0. The van der Waals surface area contributed by atoms with Crippen LogP contribution in [0.25, 0.3) is 0 Å². The van der Waals surface area contributed by atoms with Gasteiger partial charge in [-0.25, -0.2) is 9.00 Å². The van der Waals surface area contributed by atoms with E-state index < -0.39 is 69.0 Å². The molecule has 0 aromatic carbocycles. The Balaban J connectivity index is 1.51. The first-order chi connectivity index (χ1) is 21.4. The summed E-state index contributed by atoms with van der Waals surface area (Å²) in [6, 6.07) is -3.22. The monoisotopic (exact) mass is 651 g/mol. The van der Waals surface area contributed by atoms with Crippen molar-refractivity contribution in [3.63, 3.8) is 0 Å². The van der Waals surface area contributed by atoms with Crippen LogP contribution >= 0.6 is 0 Å². The van der Waals surface area contributed by atoms with E-state index in [1.165, 1.54) is 4.90 Å². The molecule has 1 aliphatic heterocycles. The van der Waals surface area contributed by atoms with Crippen LogP contribution in [0.5, 0.6) is 0 Å². The Bertz CT molecular complexity index is 1130. The van der Waals surface area contributed by atoms with Crippen LogP contribution in [-0.4, -0.2) is 84.7 Å². The predicted octanol–water partition coefficient (Wildman–Crippen LogP) is 3.06. The van der Waals surface area contributed by atoms with Gasteiger partial charge < -0.3 is 30.7 Å². The summed E-state index contributed by atoms with van der Waals surface area (Å²) in [5.41, 5.74) is -1.39. The molecule has 5 amide bonds. The molecular formula is C32H53N5O7S. The van der Waals surface area contributed by atoms with Gasteiger partial charge in [-0.3, -0.25) is 19.2 Å². The third kappa shape index (κ3) is 8.64. The van der Waals surface area contributed by atoms with E-state index in [9.17, 15) is 32.7 Å². The summed E-state index contributed by atoms with van der Waals surface area (Å²) in [7, 11) is 0. The van der Waals surface area contributed by atoms with Gasteiger partial charge in [0.1, 0.15) is 12.1 Å². The maximum absolute atomic E-state index is 14.4. The number of nitrogens with zero attached hydrogens (tertiary/aromatic N) is 1. The lowest BCUT2D eigenvalue weighted by Crippen LogP contribution is -2.65. The zero-order valence-corrected chi connectivity index (χ0v) is 28.0. The van der Waals surface area contributed by atoms with Gasteiger partial charge in [-0.2, -0.15) is 0 Å². The van der Waals surface area contributed by atoms with Crippen LogP contribution in [0, 0.1) is 5.41 Å². The van der Waals surface area contributed by atoms with E-state index >= 15 is 0 Å². The van der Waals surface area contributed by atoms with Crippen LogP contribution in [0.4, 0.5) is 4.79 Å². The minimum atomic E-state index is -2.13. The molecule has 0 aromatic heterocycles. The lowest BCUT2D eigenvalue weighted by Gasteiger charge is -2.44. The smallest absolute Gasteiger partial charge is 0.315 e. The van der Waals surface area contributed by atoms with Gasteiger partial charge in [-0.15, -0.1) is 0 Å². The molecule has 0 radical (unpaired) electrons. The summed E-state index contributed by atoms with van der Waals surface area (Å²) in [5.74, 6) is -2.17. The number of nitrogens with one attached hydrogen (secondary N) is 4. The summed E-state index contributed by atoms with van der Waals surface area (Å²) in [5, 5.41) is 10.8. The fourth-order valence-corrected chi connectivity index (χ4v) is 8.20. The molecule has 254 valence electrons. The number of amides is 5. The average Bonchev–Trinajstić information content (AvgIpc) is 3.69. The van der Waals surface area contributed by atoms with Crippen LogP contribution in [0.2, 0.25) is 0 Å². The number of hydrogen-bond acceptors (Lipinski definition) is 6. The number of rotatable bonds is 13. The van der Waals surface area contributed by atoms with E-state index in [0.29, 0.717) is 45.1 Å². The predicted molar refractivity (Wildman–Crippen MR) is 170 cm³/mol. The molecule has 45 heavy (non-hydrogen) atoms. The molecule has 0 bridgehead atoms. The van der Waals surface area contributed by atoms with E-state index in [-0.39, 0.29) is 11.9 Å². The molecular weight excluding hydrogens is 598 g/mol. The second kappa shape index (κ2) is 15.4. The summed E-state index contributed by atoms with van der Waals surface area (Å²) in [6.45, 7) is 5.90. The summed E-state index contributed by atoms with van der Waals surface area (Å²) < 4.78 is 22.1. The van der Waals surface area contributed by atoms with Crippen molar-refractivity contribution in [3.05, 3.63) is 0 Å². The van der Waals surface area contributed by atoms with Crippen LogP contribution in [0.3, 0.4) is 0 Å². The van der Waals surface area contributed by atoms with Crippen molar-refractivity contribution in [3.8, 4) is 0 Å². The van der Waals surface area contributed by atoms with Crippen molar-refractivity contribution in [2.75, 3.05) is 6.54 Å². The highest BCUT2D eigenvalue weighted by Crippen LogP contribution is 2.40. The van der Waals surface area contributed by atoms with Gasteiger partial charge in [0.05, 0.1) is 16.8 Å². The molecule has 12 nitrogen and oxygen atoms in total. The lowest BCUT2D eigenvalue weighted by molar-refractivity contribution is -0.144. The molecule has 4 aliphatic rings. The standard InChI is InChI=1S/C32H53N5O7S/c1-4-12-23(25(38)28(40)33-22-14-15-22)34-27(39)24-13-11-20-37(24)29(41)26(31(3)16-7-5-8-17-31)35-30(42)36-32(21(2)45(43)44)18-9-6-10-19-32/h21-24,26H,4-20H2,1-3H3,(H,33,40)(H,34,39)(H,43,44)(H2,35,36,42)/t21-,23+,24+,26-/m1/s1. The van der Waals surface area contributed by atoms with Gasteiger partial charge in [0.15, 0.2) is 11.1 Å². The maximum atomic E-state index is 14.4. The van der Waals surface area contributed by atoms with Crippen LogP contribution in [-0.2, 0) is 30.3 Å². The molecule has 5 N–H and O–H groups in total. The summed E-state index contributed by atoms with van der Waals surface area (Å²) in [4.78, 5) is 68.6. The normalized spacial score (nSPS) is 25.2. The number of ketones is 1. The van der Waals surface area contributed by atoms with Crippen molar-refractivity contribution in [2.24, 2.45) is 5.41 Å². The van der Waals surface area contributed by atoms with Crippen molar-refractivity contribution in [1.82, 2.24) is 26.2 Å². The third-order valence-electron chi connectivity index (χ3n) is 10.6. The molecule has 5 atom stereocenters. The van der Waals surface area contributed by atoms with E-state index in [4.69, 9.17) is 0 Å². The van der Waals surface area contributed by atoms with Crippen molar-refractivity contribution in [2.45, 2.75) is 158 Å². The quantitative estimate of drug-likeness (QED) is 0.150. The maximum Gasteiger partial charge on any atom is 0.315 e. The number of hydrogen-bond donors (Lipinski definition) is 5. The number of carbonyl (C=O) groups excluding carboxylic acids is 5. The zero-order chi connectivity index (χ0) is 32.8. The Morgan fingerprint density at radius 1 is 0.911 bits per heavy atom.